The third-order valence-corrected chi connectivity index (χ3v) is 7.38. The number of allylic oxidation sites excluding steroid dienone is 1. The van der Waals surface area contributed by atoms with Crippen molar-refractivity contribution >= 4 is 34.1 Å². The Morgan fingerprint density at radius 3 is 2.50 bits per heavy atom. The number of amides is 2. The minimum absolute atomic E-state index is 0.187. The number of halogens is 2. The summed E-state index contributed by atoms with van der Waals surface area (Å²) in [5.74, 6) is 0.707. The Balaban J connectivity index is 1.39. The van der Waals surface area contributed by atoms with E-state index in [-0.39, 0.29) is 24.6 Å². The highest BCUT2D eigenvalue weighted by atomic mass is 79.9. The number of ether oxygens (including phenoxy) is 5. The molecule has 244 valence electrons. The molecule has 1 heterocycles. The molecule has 46 heavy (non-hydrogen) atoms. The number of esters is 1. The normalized spacial score (nSPS) is 15.1. The molecule has 0 radical (unpaired) electrons. The molecule has 4 rings (SSSR count). The first-order valence-corrected chi connectivity index (χ1v) is 14.9. The van der Waals surface area contributed by atoms with Gasteiger partial charge in [-0.1, -0.05) is 18.2 Å². The van der Waals surface area contributed by atoms with Crippen LogP contribution < -0.4 is 35.0 Å². The summed E-state index contributed by atoms with van der Waals surface area (Å²) < 4.78 is 41.6. The van der Waals surface area contributed by atoms with E-state index in [2.05, 4.69) is 37.1 Å². The number of hydrogen-bond donors (Lipinski definition) is 4. The van der Waals surface area contributed by atoms with Crippen LogP contribution in [-0.4, -0.2) is 57.0 Å². The summed E-state index contributed by atoms with van der Waals surface area (Å²) in [5.41, 5.74) is 5.25. The number of nitrogens with one attached hydrogen (secondary N) is 3. The van der Waals surface area contributed by atoms with E-state index in [0.717, 1.165) is 5.56 Å². The topological polar surface area (TPSA) is 149 Å². The molecule has 1 aliphatic heterocycles. The van der Waals surface area contributed by atoms with E-state index in [1.54, 1.807) is 56.3 Å². The van der Waals surface area contributed by atoms with Crippen molar-refractivity contribution in [3.8, 4) is 23.0 Å². The molecule has 14 heteroatoms. The second-order valence-corrected chi connectivity index (χ2v) is 10.7. The number of methoxy groups -OCH3 is 2. The van der Waals surface area contributed by atoms with Crippen molar-refractivity contribution in [2.45, 2.75) is 32.7 Å². The Bertz CT molecular complexity index is 1620. The van der Waals surface area contributed by atoms with Crippen LogP contribution in [0.1, 0.15) is 36.6 Å². The van der Waals surface area contributed by atoms with Gasteiger partial charge in [0.05, 0.1) is 38.7 Å². The van der Waals surface area contributed by atoms with Crippen molar-refractivity contribution in [3.05, 3.63) is 92.8 Å². The van der Waals surface area contributed by atoms with Crippen LogP contribution in [0.25, 0.3) is 0 Å². The minimum atomic E-state index is -1.19. The molecule has 0 aliphatic carbocycles. The van der Waals surface area contributed by atoms with E-state index in [1.165, 1.54) is 32.6 Å². The van der Waals surface area contributed by atoms with Crippen molar-refractivity contribution in [1.82, 2.24) is 16.1 Å². The molecular weight excluding hydrogens is 667 g/mol. The van der Waals surface area contributed by atoms with Crippen LogP contribution >= 0.6 is 15.9 Å². The number of hydrogen-bond acceptors (Lipinski definition) is 10. The van der Waals surface area contributed by atoms with Gasteiger partial charge >= 0.3 is 12.0 Å². The number of benzene rings is 3. The minimum Gasteiger partial charge on any atom is -0.493 e. The lowest BCUT2D eigenvalue weighted by atomic mass is 9.95. The molecule has 1 aliphatic rings. The Morgan fingerprint density at radius 2 is 1.80 bits per heavy atom. The molecule has 2 amide bonds. The van der Waals surface area contributed by atoms with Gasteiger partial charge in [-0.2, -0.15) is 5.10 Å². The van der Waals surface area contributed by atoms with E-state index in [1.807, 2.05) is 0 Å². The third kappa shape index (κ3) is 8.67. The fourth-order valence-corrected chi connectivity index (χ4v) is 4.90. The molecule has 4 N–H and O–H groups in total. The molecule has 0 saturated heterocycles. The quantitative estimate of drug-likeness (QED) is 0.0813. The van der Waals surface area contributed by atoms with E-state index in [4.69, 9.17) is 23.7 Å². The van der Waals surface area contributed by atoms with Gasteiger partial charge in [0.25, 0.3) is 0 Å². The lowest BCUT2D eigenvalue weighted by molar-refractivity contribution is -0.136. The lowest BCUT2D eigenvalue weighted by Crippen LogP contribution is -2.45. The van der Waals surface area contributed by atoms with Crippen LogP contribution in [0, 0.1) is 5.82 Å². The van der Waals surface area contributed by atoms with Gasteiger partial charge in [0.1, 0.15) is 19.0 Å². The van der Waals surface area contributed by atoms with Crippen molar-refractivity contribution in [3.63, 3.8) is 0 Å². The number of nitrogens with zero attached hydrogens (tertiary/aromatic N) is 1. The number of hydrazone groups is 1. The van der Waals surface area contributed by atoms with Crippen LogP contribution in [0.2, 0.25) is 0 Å². The number of urea groups is 1. The lowest BCUT2D eigenvalue weighted by Gasteiger charge is -2.28. The number of carbonyl (C=O) groups excluding carboxylic acids is 2. The second kappa shape index (κ2) is 16.0. The van der Waals surface area contributed by atoms with E-state index in [0.29, 0.717) is 50.9 Å². The summed E-state index contributed by atoms with van der Waals surface area (Å²) in [4.78, 5) is 24.6. The van der Waals surface area contributed by atoms with Gasteiger partial charge in [0.15, 0.2) is 29.2 Å². The maximum Gasteiger partial charge on any atom is 0.337 e. The Hall–Kier alpha value is -4.82. The summed E-state index contributed by atoms with van der Waals surface area (Å²) in [6.45, 7) is 3.77. The van der Waals surface area contributed by atoms with E-state index >= 15 is 0 Å². The van der Waals surface area contributed by atoms with Crippen LogP contribution in [0.15, 0.2) is 75.4 Å². The van der Waals surface area contributed by atoms with Gasteiger partial charge in [-0.05, 0) is 77.3 Å². The second-order valence-electron chi connectivity index (χ2n) is 9.85. The standard InChI is InChI=1S/C32H34BrFN4O8/c1-5-44-26-12-20(30-29(31(40)43-4)18(2)36-32(41)37-30)8-11-24(26)46-17-28(39)38-35-15-21-13-25(42-3)27(14-23(21)33)45-16-19-6-9-22(34)10-7-19/h6-15,28,30,38-39H,5,16-17H2,1-4H3,(H2,36,37,41)/b35-15-/t28-,30-/m0/s1. The number of carbonyl (C=O) groups is 2. The first-order valence-electron chi connectivity index (χ1n) is 14.1. The maximum atomic E-state index is 13.2. The highest BCUT2D eigenvalue weighted by molar-refractivity contribution is 9.10. The molecule has 3 aromatic rings. The van der Waals surface area contributed by atoms with Crippen LogP contribution in [0.4, 0.5) is 9.18 Å². The predicted octanol–water partition coefficient (Wildman–Crippen LogP) is 4.70. The Kier molecular flexibility index (Phi) is 11.8. The summed E-state index contributed by atoms with van der Waals surface area (Å²) in [7, 11) is 2.78. The third-order valence-electron chi connectivity index (χ3n) is 6.69. The summed E-state index contributed by atoms with van der Waals surface area (Å²) in [6.07, 6.45) is 0.298. The highest BCUT2D eigenvalue weighted by Crippen LogP contribution is 2.35. The number of rotatable bonds is 14. The molecule has 0 aromatic heterocycles. The monoisotopic (exact) mass is 700 g/mol. The molecule has 3 aromatic carbocycles. The van der Waals surface area contributed by atoms with Gasteiger partial charge in [-0.3, -0.25) is 5.43 Å². The van der Waals surface area contributed by atoms with Crippen molar-refractivity contribution in [2.24, 2.45) is 5.10 Å². The van der Waals surface area contributed by atoms with Gasteiger partial charge in [0.2, 0.25) is 0 Å². The van der Waals surface area contributed by atoms with Crippen LogP contribution in [-0.2, 0) is 16.1 Å². The zero-order chi connectivity index (χ0) is 33.2. The molecule has 0 unspecified atom stereocenters. The maximum absolute atomic E-state index is 13.2. The van der Waals surface area contributed by atoms with E-state index in [9.17, 15) is 19.1 Å². The smallest absolute Gasteiger partial charge is 0.337 e. The first kappa shape index (κ1) is 34.1. The largest absolute Gasteiger partial charge is 0.493 e. The molecule has 12 nitrogen and oxygen atoms in total. The SMILES string of the molecule is CCOc1cc([C@@H]2NC(=O)NC(C)=C2C(=O)OC)ccc1OC[C@H](O)N/N=C\c1cc(OC)c(OCc2ccc(F)cc2)cc1Br. The molecule has 0 fully saturated rings. The van der Waals surface area contributed by atoms with Crippen LogP contribution in [0.5, 0.6) is 23.0 Å². The zero-order valence-electron chi connectivity index (χ0n) is 25.6. The van der Waals surface area contributed by atoms with Crippen molar-refractivity contribution < 1.29 is 42.8 Å². The average molecular weight is 702 g/mol. The van der Waals surface area contributed by atoms with Crippen molar-refractivity contribution in [2.75, 3.05) is 27.4 Å². The van der Waals surface area contributed by atoms with Gasteiger partial charge in [-0.25, -0.2) is 14.0 Å². The summed E-state index contributed by atoms with van der Waals surface area (Å²) in [5, 5.41) is 19.9. The molecule has 2 atom stereocenters. The van der Waals surface area contributed by atoms with Crippen LogP contribution in [0.3, 0.4) is 0 Å². The van der Waals surface area contributed by atoms with Gasteiger partial charge < -0.3 is 39.4 Å². The van der Waals surface area contributed by atoms with Crippen molar-refractivity contribution in [1.29, 1.82) is 0 Å². The average Bonchev–Trinajstić information content (AvgIpc) is 3.04. The molecule has 0 saturated carbocycles. The fraction of sp³-hybridized carbons (Fsp3) is 0.281. The molecule has 0 spiro atoms. The number of aliphatic hydroxyl groups is 1. The Labute approximate surface area is 273 Å². The van der Waals surface area contributed by atoms with Gasteiger partial charge in [-0.15, -0.1) is 0 Å². The highest BCUT2D eigenvalue weighted by Gasteiger charge is 2.32. The summed E-state index contributed by atoms with van der Waals surface area (Å²) in [6, 6.07) is 13.2. The fourth-order valence-electron chi connectivity index (χ4n) is 4.48. The zero-order valence-corrected chi connectivity index (χ0v) is 27.1. The Morgan fingerprint density at radius 1 is 1.07 bits per heavy atom. The summed E-state index contributed by atoms with van der Waals surface area (Å²) >= 11 is 3.49. The number of aliphatic hydroxyl groups excluding tert-OH is 1. The first-order chi connectivity index (χ1) is 22.1. The van der Waals surface area contributed by atoms with Gasteiger partial charge in [0, 0.05) is 15.7 Å². The van der Waals surface area contributed by atoms with E-state index < -0.39 is 24.3 Å². The molecule has 0 bridgehead atoms. The predicted molar refractivity (Wildman–Crippen MR) is 170 cm³/mol. The molecular formula is C32H34BrFN4O8.